The van der Waals surface area contributed by atoms with E-state index in [2.05, 4.69) is 11.8 Å². The van der Waals surface area contributed by atoms with Crippen LogP contribution in [0.2, 0.25) is 0 Å². The molecule has 0 aromatic carbocycles. The molecule has 0 aliphatic rings. The molecule has 0 heterocycles. The lowest BCUT2D eigenvalue weighted by atomic mass is 10.3. The van der Waals surface area contributed by atoms with Gasteiger partial charge in [0.2, 0.25) is 0 Å². The number of hydrogen-bond acceptors (Lipinski definition) is 4. The fourth-order valence-corrected chi connectivity index (χ4v) is 1.09. The zero-order chi connectivity index (χ0) is 12.2. The summed E-state index contributed by atoms with van der Waals surface area (Å²) >= 11 is 0. The van der Waals surface area contributed by atoms with E-state index in [1.807, 2.05) is 20.8 Å². The van der Waals surface area contributed by atoms with Crippen molar-refractivity contribution in [2.24, 2.45) is 0 Å². The normalized spacial score (nSPS) is 12.3. The second-order valence-corrected chi connectivity index (χ2v) is 3.20. The molecule has 0 spiro atoms. The van der Waals surface area contributed by atoms with Crippen molar-refractivity contribution >= 4 is 0 Å². The highest BCUT2D eigenvalue weighted by molar-refractivity contribution is 4.99. The molecule has 0 aliphatic carbocycles. The number of ether oxygens (including phenoxy) is 3. The van der Waals surface area contributed by atoms with Crippen LogP contribution in [0.4, 0.5) is 0 Å². The number of aliphatic hydroxyl groups excluding tert-OH is 1. The minimum atomic E-state index is -0.303. The fourth-order valence-electron chi connectivity index (χ4n) is 1.09. The smallest absolute Gasteiger partial charge is 0.180 e. The van der Waals surface area contributed by atoms with E-state index in [4.69, 9.17) is 19.3 Å². The molecule has 0 unspecified atom stereocenters. The van der Waals surface area contributed by atoms with E-state index in [1.165, 1.54) is 0 Å². The molecule has 4 heteroatoms. The lowest BCUT2D eigenvalue weighted by Gasteiger charge is -2.19. The Balaban J connectivity index is 3.72. The van der Waals surface area contributed by atoms with E-state index in [0.29, 0.717) is 26.2 Å². The van der Waals surface area contributed by atoms with Gasteiger partial charge in [0.25, 0.3) is 0 Å². The quantitative estimate of drug-likeness (QED) is 0.502. The first kappa shape index (κ1) is 15.4. The average molecular weight is 230 g/mol. The highest BCUT2D eigenvalue weighted by Gasteiger charge is 2.10. The molecule has 16 heavy (non-hydrogen) atoms. The molecule has 0 aliphatic heterocycles. The van der Waals surface area contributed by atoms with Crippen LogP contribution in [0.15, 0.2) is 0 Å². The number of aliphatic hydroxyl groups is 1. The summed E-state index contributed by atoms with van der Waals surface area (Å²) < 4.78 is 16.2. The van der Waals surface area contributed by atoms with Gasteiger partial charge in [-0.15, -0.1) is 0 Å². The molecule has 0 radical (unpaired) electrons. The SMILES string of the molecule is CCOC(CO[C@@H](C)CC#CCO)OCC. The minimum absolute atomic E-state index is 0.0162. The van der Waals surface area contributed by atoms with Gasteiger partial charge in [-0.3, -0.25) is 0 Å². The molecule has 0 bridgehead atoms. The Morgan fingerprint density at radius 3 is 2.19 bits per heavy atom. The maximum atomic E-state index is 8.48. The van der Waals surface area contributed by atoms with E-state index in [9.17, 15) is 0 Å². The van der Waals surface area contributed by atoms with Crippen molar-refractivity contribution in [3.8, 4) is 11.8 Å². The van der Waals surface area contributed by atoms with Gasteiger partial charge in [0.1, 0.15) is 6.61 Å². The molecule has 0 fully saturated rings. The lowest BCUT2D eigenvalue weighted by Crippen LogP contribution is -2.26. The molecule has 94 valence electrons. The third kappa shape index (κ3) is 8.69. The van der Waals surface area contributed by atoms with E-state index in [-0.39, 0.29) is 19.0 Å². The Bertz CT molecular complexity index is 201. The molecule has 0 rings (SSSR count). The van der Waals surface area contributed by atoms with Crippen molar-refractivity contribution in [1.82, 2.24) is 0 Å². The zero-order valence-corrected chi connectivity index (χ0v) is 10.4. The molecule has 1 atom stereocenters. The van der Waals surface area contributed by atoms with Crippen LogP contribution in [0, 0.1) is 11.8 Å². The van der Waals surface area contributed by atoms with Crippen molar-refractivity contribution in [1.29, 1.82) is 0 Å². The second kappa shape index (κ2) is 10.9. The van der Waals surface area contributed by atoms with Crippen molar-refractivity contribution in [2.75, 3.05) is 26.4 Å². The Morgan fingerprint density at radius 2 is 1.69 bits per heavy atom. The van der Waals surface area contributed by atoms with Gasteiger partial charge in [0, 0.05) is 19.6 Å². The molecule has 0 saturated carbocycles. The van der Waals surface area contributed by atoms with Crippen LogP contribution in [0.1, 0.15) is 27.2 Å². The zero-order valence-electron chi connectivity index (χ0n) is 10.4. The summed E-state index contributed by atoms with van der Waals surface area (Å²) in [6, 6.07) is 0. The molecule has 0 amide bonds. The number of rotatable bonds is 8. The average Bonchev–Trinajstić information content (AvgIpc) is 2.27. The summed E-state index contributed by atoms with van der Waals surface area (Å²) in [6.07, 6.45) is 0.316. The summed E-state index contributed by atoms with van der Waals surface area (Å²) in [6.45, 7) is 7.28. The largest absolute Gasteiger partial charge is 0.384 e. The molecule has 0 aromatic heterocycles. The lowest BCUT2D eigenvalue weighted by molar-refractivity contribution is -0.174. The molecular formula is C12H22O4. The summed E-state index contributed by atoms with van der Waals surface area (Å²) in [5.74, 6) is 5.40. The van der Waals surface area contributed by atoms with Gasteiger partial charge < -0.3 is 19.3 Å². The topological polar surface area (TPSA) is 47.9 Å². The van der Waals surface area contributed by atoms with Crippen LogP contribution in [-0.2, 0) is 14.2 Å². The monoisotopic (exact) mass is 230 g/mol. The van der Waals surface area contributed by atoms with Gasteiger partial charge in [-0.05, 0) is 20.8 Å². The van der Waals surface area contributed by atoms with Gasteiger partial charge in [-0.25, -0.2) is 0 Å². The van der Waals surface area contributed by atoms with Crippen LogP contribution >= 0.6 is 0 Å². The molecule has 0 aromatic rings. The van der Waals surface area contributed by atoms with E-state index in [1.54, 1.807) is 0 Å². The summed E-state index contributed by atoms with van der Waals surface area (Å²) in [7, 11) is 0. The third-order valence-corrected chi connectivity index (χ3v) is 1.82. The Morgan fingerprint density at radius 1 is 1.06 bits per heavy atom. The van der Waals surface area contributed by atoms with E-state index < -0.39 is 0 Å². The molecule has 1 N–H and O–H groups in total. The van der Waals surface area contributed by atoms with Crippen LogP contribution < -0.4 is 0 Å². The van der Waals surface area contributed by atoms with Gasteiger partial charge in [-0.2, -0.15) is 0 Å². The van der Waals surface area contributed by atoms with E-state index >= 15 is 0 Å². The first-order valence-corrected chi connectivity index (χ1v) is 5.65. The predicted octanol–water partition coefficient (Wildman–Crippen LogP) is 1.18. The molecular weight excluding hydrogens is 208 g/mol. The van der Waals surface area contributed by atoms with Crippen LogP contribution in [0.5, 0.6) is 0 Å². The van der Waals surface area contributed by atoms with Crippen molar-refractivity contribution < 1.29 is 19.3 Å². The standard InChI is InChI=1S/C12H22O4/c1-4-14-12(15-5-2)10-16-11(3)8-6-7-9-13/h11-13H,4-5,8-10H2,1-3H3/t11-/m0/s1. The maximum absolute atomic E-state index is 8.48. The molecule has 4 nitrogen and oxygen atoms in total. The Hall–Kier alpha value is -0.600. The Labute approximate surface area is 97.9 Å². The van der Waals surface area contributed by atoms with Crippen LogP contribution in [0.25, 0.3) is 0 Å². The van der Waals surface area contributed by atoms with Crippen molar-refractivity contribution in [3.05, 3.63) is 0 Å². The highest BCUT2D eigenvalue weighted by Crippen LogP contribution is 2.01. The summed E-state index contributed by atoms with van der Waals surface area (Å²) in [4.78, 5) is 0. The van der Waals surface area contributed by atoms with Gasteiger partial charge >= 0.3 is 0 Å². The summed E-state index contributed by atoms with van der Waals surface area (Å²) in [5, 5.41) is 8.48. The second-order valence-electron chi connectivity index (χ2n) is 3.20. The summed E-state index contributed by atoms with van der Waals surface area (Å²) in [5.41, 5.74) is 0. The highest BCUT2D eigenvalue weighted by atomic mass is 16.7. The Kier molecular flexibility index (Phi) is 10.5. The van der Waals surface area contributed by atoms with Crippen LogP contribution in [0.3, 0.4) is 0 Å². The number of hydrogen-bond donors (Lipinski definition) is 1. The van der Waals surface area contributed by atoms with E-state index in [0.717, 1.165) is 0 Å². The van der Waals surface area contributed by atoms with Crippen molar-refractivity contribution in [2.45, 2.75) is 39.6 Å². The predicted molar refractivity (Wildman–Crippen MR) is 61.9 cm³/mol. The fraction of sp³-hybridized carbons (Fsp3) is 0.833. The third-order valence-electron chi connectivity index (χ3n) is 1.82. The van der Waals surface area contributed by atoms with Crippen LogP contribution in [-0.4, -0.2) is 43.9 Å². The molecule has 0 saturated heterocycles. The van der Waals surface area contributed by atoms with Gasteiger partial charge in [-0.1, -0.05) is 11.8 Å². The first-order chi connectivity index (χ1) is 7.74. The van der Waals surface area contributed by atoms with Gasteiger partial charge in [0.05, 0.1) is 12.7 Å². The first-order valence-electron chi connectivity index (χ1n) is 5.65. The minimum Gasteiger partial charge on any atom is -0.384 e. The maximum Gasteiger partial charge on any atom is 0.180 e. The van der Waals surface area contributed by atoms with Gasteiger partial charge in [0.15, 0.2) is 6.29 Å². The van der Waals surface area contributed by atoms with Crippen molar-refractivity contribution in [3.63, 3.8) is 0 Å².